The molecule has 0 aliphatic heterocycles. The predicted molar refractivity (Wildman–Crippen MR) is 193 cm³/mol. The minimum absolute atomic E-state index is 0. The van der Waals surface area contributed by atoms with E-state index in [0.29, 0.717) is 0 Å². The van der Waals surface area contributed by atoms with E-state index in [4.69, 9.17) is 0 Å². The molecule has 0 radical (unpaired) electrons. The van der Waals surface area contributed by atoms with Crippen LogP contribution in [0.3, 0.4) is 0 Å². The molecular formula is C44H28MoO8. The van der Waals surface area contributed by atoms with E-state index in [1.54, 1.807) is 72.8 Å². The molecule has 0 saturated carbocycles. The molecule has 0 heterocycles. The number of aromatic carboxylic acids is 4. The van der Waals surface area contributed by atoms with E-state index < -0.39 is 23.9 Å². The number of benzene rings is 8. The molecule has 8 nitrogen and oxygen atoms in total. The maximum Gasteiger partial charge on any atom is 4.00 e. The summed E-state index contributed by atoms with van der Waals surface area (Å²) < 4.78 is 0. The van der Waals surface area contributed by atoms with Gasteiger partial charge in [0.2, 0.25) is 0 Å². The topological polar surface area (TPSA) is 161 Å². The summed E-state index contributed by atoms with van der Waals surface area (Å²) in [5.41, 5.74) is 0.993. The second-order valence-corrected chi connectivity index (χ2v) is 11.3. The fourth-order valence-corrected chi connectivity index (χ4v) is 5.61. The minimum Gasteiger partial charge on any atom is -0.545 e. The van der Waals surface area contributed by atoms with Crippen molar-refractivity contribution in [2.45, 2.75) is 0 Å². The summed E-state index contributed by atoms with van der Waals surface area (Å²) in [6.07, 6.45) is 0. The molecule has 8 aromatic carbocycles. The first-order chi connectivity index (χ1) is 25.2. The fourth-order valence-electron chi connectivity index (χ4n) is 5.61. The van der Waals surface area contributed by atoms with Crippen LogP contribution in [0.25, 0.3) is 43.1 Å². The number of carboxylic acids is 4. The van der Waals surface area contributed by atoms with Gasteiger partial charge in [0.15, 0.2) is 0 Å². The van der Waals surface area contributed by atoms with Gasteiger partial charge in [-0.25, -0.2) is 0 Å². The van der Waals surface area contributed by atoms with Crippen molar-refractivity contribution in [3.05, 3.63) is 192 Å². The summed E-state index contributed by atoms with van der Waals surface area (Å²) in [5.74, 6) is -4.51. The zero-order valence-corrected chi connectivity index (χ0v) is 29.8. The van der Waals surface area contributed by atoms with Gasteiger partial charge in [-0.15, -0.1) is 0 Å². The summed E-state index contributed by atoms with van der Waals surface area (Å²) in [4.78, 5) is 42.8. The molecule has 9 heteroatoms. The van der Waals surface area contributed by atoms with Crippen LogP contribution in [0.5, 0.6) is 0 Å². The number of carbonyl (C=O) groups is 4. The van der Waals surface area contributed by atoms with Crippen molar-refractivity contribution in [3.63, 3.8) is 0 Å². The van der Waals surface area contributed by atoms with E-state index in [1.807, 2.05) is 97.1 Å². The van der Waals surface area contributed by atoms with Crippen LogP contribution in [0.1, 0.15) is 41.4 Å². The quantitative estimate of drug-likeness (QED) is 0.230. The van der Waals surface area contributed by atoms with E-state index >= 15 is 0 Å². The molecule has 0 aliphatic carbocycles. The van der Waals surface area contributed by atoms with Crippen molar-refractivity contribution >= 4 is 67.0 Å². The largest absolute Gasteiger partial charge is 4.00 e. The second-order valence-electron chi connectivity index (χ2n) is 11.3. The molecule has 0 amide bonds. The van der Waals surface area contributed by atoms with Crippen molar-refractivity contribution in [1.82, 2.24) is 0 Å². The van der Waals surface area contributed by atoms with E-state index in [0.717, 1.165) is 43.1 Å². The SMILES string of the molecule is O=C([O-])c1cccc2ccccc12.O=C([O-])c1cccc2ccccc12.O=C([O-])c1cccc2ccccc12.O=C([O-])c1cccc2ccccc12.[Mo+4]. The van der Waals surface area contributed by atoms with Crippen molar-refractivity contribution in [2.24, 2.45) is 0 Å². The summed E-state index contributed by atoms with van der Waals surface area (Å²) in [6, 6.07) is 50.0. The molecule has 0 bridgehead atoms. The Labute approximate surface area is 318 Å². The summed E-state index contributed by atoms with van der Waals surface area (Å²) in [7, 11) is 0. The van der Waals surface area contributed by atoms with Crippen LogP contribution in [-0.2, 0) is 21.1 Å². The molecule has 53 heavy (non-hydrogen) atoms. The third kappa shape index (κ3) is 9.79. The zero-order valence-electron chi connectivity index (χ0n) is 27.8. The van der Waals surface area contributed by atoms with E-state index in [2.05, 4.69) is 0 Å². The Morgan fingerprint density at radius 2 is 0.434 bits per heavy atom. The van der Waals surface area contributed by atoms with Crippen molar-refractivity contribution < 1.29 is 60.7 Å². The average molecular weight is 781 g/mol. The van der Waals surface area contributed by atoms with Gasteiger partial charge in [-0.2, -0.15) is 0 Å². The molecule has 0 N–H and O–H groups in total. The number of hydrogen-bond donors (Lipinski definition) is 0. The van der Waals surface area contributed by atoms with Gasteiger partial charge in [0.25, 0.3) is 0 Å². The van der Waals surface area contributed by atoms with Crippen LogP contribution in [0.15, 0.2) is 170 Å². The Kier molecular flexibility index (Phi) is 13.7. The number of carbonyl (C=O) groups excluding carboxylic acids is 4. The maximum atomic E-state index is 10.7. The standard InChI is InChI=1S/4C11H8O2.Mo/c4*12-11(13)10-7-3-5-8-4-1-2-6-9(8)10;/h4*1-7H,(H,12,13);/q;;;;+4/p-4. The third-order valence-corrected chi connectivity index (χ3v) is 8.04. The van der Waals surface area contributed by atoms with Crippen molar-refractivity contribution in [2.75, 3.05) is 0 Å². The summed E-state index contributed by atoms with van der Waals surface area (Å²) in [5, 5.41) is 49.4. The van der Waals surface area contributed by atoms with E-state index in [9.17, 15) is 39.6 Å². The first-order valence-corrected chi connectivity index (χ1v) is 15.9. The van der Waals surface area contributed by atoms with Crippen molar-refractivity contribution in [3.8, 4) is 0 Å². The smallest absolute Gasteiger partial charge is 0.545 e. The van der Waals surface area contributed by atoms with E-state index in [-0.39, 0.29) is 43.3 Å². The first-order valence-electron chi connectivity index (χ1n) is 15.9. The summed E-state index contributed by atoms with van der Waals surface area (Å²) in [6.45, 7) is 0. The van der Waals surface area contributed by atoms with Gasteiger partial charge < -0.3 is 39.6 Å². The number of fused-ring (bicyclic) bond motifs is 4. The van der Waals surface area contributed by atoms with Gasteiger partial charge in [0.1, 0.15) is 0 Å². The van der Waals surface area contributed by atoms with Gasteiger partial charge in [0, 0.05) is 22.3 Å². The molecule has 0 unspecified atom stereocenters. The molecule has 0 aromatic heterocycles. The van der Waals surface area contributed by atoms with Crippen molar-refractivity contribution in [1.29, 1.82) is 0 Å². The van der Waals surface area contributed by atoms with Gasteiger partial charge in [-0.05, 0) is 43.1 Å². The van der Waals surface area contributed by atoms with Crippen LogP contribution in [0.4, 0.5) is 0 Å². The van der Waals surface area contributed by atoms with Crippen LogP contribution >= 0.6 is 0 Å². The van der Waals surface area contributed by atoms with Gasteiger partial charge >= 0.3 is 21.1 Å². The fraction of sp³-hybridized carbons (Fsp3) is 0. The first kappa shape index (κ1) is 39.2. The number of hydrogen-bond acceptors (Lipinski definition) is 8. The number of rotatable bonds is 4. The second kappa shape index (κ2) is 18.6. The van der Waals surface area contributed by atoms with Crippen LogP contribution in [0.2, 0.25) is 0 Å². The average Bonchev–Trinajstić information content (AvgIpc) is 3.17. The van der Waals surface area contributed by atoms with Crippen LogP contribution in [-0.4, -0.2) is 23.9 Å². The Morgan fingerprint density at radius 3 is 0.623 bits per heavy atom. The molecule has 0 aliphatic rings. The molecule has 8 aromatic rings. The van der Waals surface area contributed by atoms with E-state index in [1.165, 1.54) is 0 Å². The molecule has 258 valence electrons. The number of carboxylic acid groups (broad SMARTS) is 4. The Hall–Kier alpha value is -6.63. The third-order valence-electron chi connectivity index (χ3n) is 8.04. The molecule has 0 fully saturated rings. The Balaban J connectivity index is 0.000000157. The van der Waals surface area contributed by atoms with Crippen LogP contribution in [0, 0.1) is 0 Å². The van der Waals surface area contributed by atoms with Gasteiger partial charge in [-0.3, -0.25) is 0 Å². The monoisotopic (exact) mass is 782 g/mol. The Bertz CT molecular complexity index is 2180. The molecule has 8 rings (SSSR count). The molecular weight excluding hydrogens is 752 g/mol. The molecule has 0 spiro atoms. The van der Waals surface area contributed by atoms with Gasteiger partial charge in [0.05, 0.1) is 23.9 Å². The predicted octanol–water partition coefficient (Wildman–Crippen LogP) is 4.81. The normalized spacial score (nSPS) is 9.96. The minimum atomic E-state index is -1.13. The Morgan fingerprint density at radius 1 is 0.264 bits per heavy atom. The summed E-state index contributed by atoms with van der Waals surface area (Å²) >= 11 is 0. The molecule has 0 saturated heterocycles. The molecule has 0 atom stereocenters. The van der Waals surface area contributed by atoms with Crippen LogP contribution < -0.4 is 20.4 Å². The zero-order chi connectivity index (χ0) is 37.0. The maximum absolute atomic E-state index is 10.7. The van der Waals surface area contributed by atoms with Gasteiger partial charge in [-0.1, -0.05) is 170 Å².